The zero-order valence-corrected chi connectivity index (χ0v) is 8.84. The minimum Gasteiger partial charge on any atom is -0.270 e. The van der Waals surface area contributed by atoms with Crippen LogP contribution in [0.1, 0.15) is 12.8 Å². The molecule has 60 valence electrons. The Morgan fingerprint density at radius 2 is 2.45 bits per heavy atom. The molecule has 0 aliphatic heterocycles. The van der Waals surface area contributed by atoms with Crippen molar-refractivity contribution < 1.29 is 0 Å². The number of hydrogen-bond acceptors (Lipinski definition) is 1. The van der Waals surface area contributed by atoms with Gasteiger partial charge in [-0.25, -0.2) is 0 Å². The summed E-state index contributed by atoms with van der Waals surface area (Å²) in [6.07, 6.45) is 4.61. The minimum absolute atomic E-state index is 0.770. The first-order chi connectivity index (χ1) is 5.25. The third-order valence-electron chi connectivity index (χ3n) is 1.82. The summed E-state index contributed by atoms with van der Waals surface area (Å²) in [5, 5.41) is 5.03. The predicted octanol–water partition coefficient (Wildman–Crippen LogP) is 2.55. The van der Waals surface area contributed by atoms with Gasteiger partial charge in [-0.2, -0.15) is 5.10 Å². The second-order valence-corrected chi connectivity index (χ2v) is 4.36. The lowest BCUT2D eigenvalue weighted by molar-refractivity contribution is 0.560. The van der Waals surface area contributed by atoms with Gasteiger partial charge in [0.2, 0.25) is 0 Å². The first kappa shape index (κ1) is 7.86. The van der Waals surface area contributed by atoms with E-state index in [1.165, 1.54) is 12.8 Å². The molecule has 0 aromatic carbocycles. The Bertz CT molecular complexity index is 248. The molecule has 0 radical (unpaired) electrons. The lowest BCUT2D eigenvalue weighted by Gasteiger charge is -1.95. The van der Waals surface area contributed by atoms with E-state index in [1.54, 1.807) is 0 Å². The Balaban J connectivity index is 2.11. The standard InChI is InChI=1S/C7H8ClIN2/c8-6-4-11(10-7(6)9)3-5-1-2-5/h4-5H,1-3H2. The van der Waals surface area contributed by atoms with Gasteiger partial charge >= 0.3 is 0 Å². The van der Waals surface area contributed by atoms with Crippen LogP contribution in [-0.4, -0.2) is 9.78 Å². The Morgan fingerprint density at radius 1 is 1.73 bits per heavy atom. The van der Waals surface area contributed by atoms with E-state index in [0.29, 0.717) is 0 Å². The van der Waals surface area contributed by atoms with Gasteiger partial charge in [0.1, 0.15) is 3.70 Å². The smallest absolute Gasteiger partial charge is 0.141 e. The van der Waals surface area contributed by atoms with Crippen molar-refractivity contribution in [3.05, 3.63) is 14.9 Å². The third kappa shape index (κ3) is 1.87. The Morgan fingerprint density at radius 3 is 2.91 bits per heavy atom. The SMILES string of the molecule is Clc1cn(CC2CC2)nc1I. The Hall–Kier alpha value is 0.230. The summed E-state index contributed by atoms with van der Waals surface area (Å²) in [6.45, 7) is 1.04. The average molecular weight is 283 g/mol. The molecule has 1 aromatic heterocycles. The van der Waals surface area contributed by atoms with E-state index in [-0.39, 0.29) is 0 Å². The maximum Gasteiger partial charge on any atom is 0.141 e. The van der Waals surface area contributed by atoms with Gasteiger partial charge in [-0.3, -0.25) is 4.68 Å². The van der Waals surface area contributed by atoms with Crippen LogP contribution < -0.4 is 0 Å². The molecular formula is C7H8ClIN2. The maximum absolute atomic E-state index is 5.84. The Labute approximate surface area is 84.1 Å². The third-order valence-corrected chi connectivity index (χ3v) is 3.21. The van der Waals surface area contributed by atoms with Crippen molar-refractivity contribution in [3.63, 3.8) is 0 Å². The molecule has 0 saturated heterocycles. The molecule has 2 rings (SSSR count). The van der Waals surface area contributed by atoms with Crippen LogP contribution in [0.15, 0.2) is 6.20 Å². The second-order valence-electron chi connectivity index (χ2n) is 2.93. The van der Waals surface area contributed by atoms with Gasteiger partial charge in [0.15, 0.2) is 0 Å². The van der Waals surface area contributed by atoms with Crippen molar-refractivity contribution in [2.45, 2.75) is 19.4 Å². The van der Waals surface area contributed by atoms with Gasteiger partial charge in [-0.05, 0) is 41.4 Å². The molecule has 0 N–H and O–H groups in total. The monoisotopic (exact) mass is 282 g/mol. The van der Waals surface area contributed by atoms with E-state index in [4.69, 9.17) is 11.6 Å². The molecule has 4 heteroatoms. The number of hydrogen-bond donors (Lipinski definition) is 0. The zero-order valence-electron chi connectivity index (χ0n) is 5.93. The Kier molecular flexibility index (Phi) is 2.10. The van der Waals surface area contributed by atoms with Crippen molar-refractivity contribution in [1.82, 2.24) is 9.78 Å². The molecular weight excluding hydrogens is 274 g/mol. The van der Waals surface area contributed by atoms with Crippen LogP contribution in [0.5, 0.6) is 0 Å². The summed E-state index contributed by atoms with van der Waals surface area (Å²) in [4.78, 5) is 0. The van der Waals surface area contributed by atoms with Crippen molar-refractivity contribution in [1.29, 1.82) is 0 Å². The van der Waals surface area contributed by atoms with Crippen LogP contribution >= 0.6 is 34.2 Å². The fourth-order valence-electron chi connectivity index (χ4n) is 1.03. The van der Waals surface area contributed by atoms with E-state index in [0.717, 1.165) is 21.2 Å². The summed E-state index contributed by atoms with van der Waals surface area (Å²) in [5.74, 6) is 0.863. The molecule has 1 heterocycles. The van der Waals surface area contributed by atoms with E-state index >= 15 is 0 Å². The number of aromatic nitrogens is 2. The van der Waals surface area contributed by atoms with E-state index in [9.17, 15) is 0 Å². The minimum atomic E-state index is 0.770. The fraction of sp³-hybridized carbons (Fsp3) is 0.571. The number of halogens is 2. The van der Waals surface area contributed by atoms with Gasteiger partial charge in [-0.15, -0.1) is 0 Å². The molecule has 1 fully saturated rings. The maximum atomic E-state index is 5.84. The largest absolute Gasteiger partial charge is 0.270 e. The first-order valence-corrected chi connectivity index (χ1v) is 5.10. The van der Waals surface area contributed by atoms with E-state index in [2.05, 4.69) is 27.7 Å². The molecule has 1 aliphatic rings. The van der Waals surface area contributed by atoms with Gasteiger partial charge < -0.3 is 0 Å². The number of nitrogens with zero attached hydrogens (tertiary/aromatic N) is 2. The van der Waals surface area contributed by atoms with Crippen molar-refractivity contribution in [2.24, 2.45) is 5.92 Å². The topological polar surface area (TPSA) is 17.8 Å². The summed E-state index contributed by atoms with van der Waals surface area (Å²) < 4.78 is 2.85. The van der Waals surface area contributed by atoms with Crippen LogP contribution in [-0.2, 0) is 6.54 Å². The van der Waals surface area contributed by atoms with E-state index < -0.39 is 0 Å². The number of rotatable bonds is 2. The summed E-state index contributed by atoms with van der Waals surface area (Å²) in [5.41, 5.74) is 0. The van der Waals surface area contributed by atoms with E-state index in [1.807, 2.05) is 10.9 Å². The average Bonchev–Trinajstić information content (AvgIpc) is 2.65. The molecule has 0 spiro atoms. The zero-order chi connectivity index (χ0) is 7.84. The molecule has 1 aromatic rings. The molecule has 0 atom stereocenters. The fourth-order valence-corrected chi connectivity index (χ4v) is 1.60. The van der Waals surface area contributed by atoms with Crippen molar-refractivity contribution in [3.8, 4) is 0 Å². The van der Waals surface area contributed by atoms with Crippen LogP contribution in [0.25, 0.3) is 0 Å². The summed E-state index contributed by atoms with van der Waals surface area (Å²) >= 11 is 7.99. The summed E-state index contributed by atoms with van der Waals surface area (Å²) in [7, 11) is 0. The lowest BCUT2D eigenvalue weighted by atomic mass is 10.4. The van der Waals surface area contributed by atoms with Crippen LogP contribution in [0.2, 0.25) is 5.02 Å². The van der Waals surface area contributed by atoms with Gasteiger partial charge in [0.05, 0.1) is 5.02 Å². The van der Waals surface area contributed by atoms with Crippen LogP contribution in [0.4, 0.5) is 0 Å². The highest BCUT2D eigenvalue weighted by Crippen LogP contribution is 2.30. The molecule has 0 amide bonds. The molecule has 11 heavy (non-hydrogen) atoms. The highest BCUT2D eigenvalue weighted by Gasteiger charge is 2.22. The van der Waals surface area contributed by atoms with Gasteiger partial charge in [-0.1, -0.05) is 11.6 Å². The highest BCUT2D eigenvalue weighted by atomic mass is 127. The van der Waals surface area contributed by atoms with Gasteiger partial charge in [0, 0.05) is 12.7 Å². The predicted molar refractivity (Wildman–Crippen MR) is 52.7 cm³/mol. The van der Waals surface area contributed by atoms with Crippen LogP contribution in [0, 0.1) is 9.62 Å². The second kappa shape index (κ2) is 2.94. The lowest BCUT2D eigenvalue weighted by Crippen LogP contribution is -1.99. The summed E-state index contributed by atoms with van der Waals surface area (Å²) in [6, 6.07) is 0. The molecule has 0 unspecified atom stereocenters. The normalized spacial score (nSPS) is 17.3. The van der Waals surface area contributed by atoms with Crippen molar-refractivity contribution in [2.75, 3.05) is 0 Å². The quantitative estimate of drug-likeness (QED) is 0.762. The van der Waals surface area contributed by atoms with Crippen LogP contribution in [0.3, 0.4) is 0 Å². The molecule has 2 nitrogen and oxygen atoms in total. The molecule has 1 saturated carbocycles. The highest BCUT2D eigenvalue weighted by molar-refractivity contribution is 14.1. The molecule has 1 aliphatic carbocycles. The molecule has 0 bridgehead atoms. The first-order valence-electron chi connectivity index (χ1n) is 3.64. The van der Waals surface area contributed by atoms with Crippen molar-refractivity contribution >= 4 is 34.2 Å². The van der Waals surface area contributed by atoms with Gasteiger partial charge in [0.25, 0.3) is 0 Å².